The van der Waals surface area contributed by atoms with Gasteiger partial charge in [0.1, 0.15) is 5.69 Å². The van der Waals surface area contributed by atoms with E-state index in [0.717, 1.165) is 5.01 Å². The standard InChI is InChI=1S/C10H12N2O3S/c1-6-11-8(5-16-6)10(15)12-3-7(4-12)2-9(13)14/h5,7H,2-4H2,1H3,(H,13,14). The summed E-state index contributed by atoms with van der Waals surface area (Å²) in [6, 6.07) is 0. The molecule has 0 spiro atoms. The molecular weight excluding hydrogens is 228 g/mol. The van der Waals surface area contributed by atoms with Crippen molar-refractivity contribution in [2.24, 2.45) is 5.92 Å². The highest BCUT2D eigenvalue weighted by atomic mass is 32.1. The lowest BCUT2D eigenvalue weighted by atomic mass is 9.96. The molecule has 2 heterocycles. The molecule has 5 nitrogen and oxygen atoms in total. The van der Waals surface area contributed by atoms with Gasteiger partial charge in [-0.3, -0.25) is 9.59 Å². The van der Waals surface area contributed by atoms with Crippen molar-refractivity contribution >= 4 is 23.2 Å². The Morgan fingerprint density at radius 2 is 2.31 bits per heavy atom. The molecular formula is C10H12N2O3S. The van der Waals surface area contributed by atoms with Gasteiger partial charge in [-0.25, -0.2) is 4.98 Å². The fourth-order valence-electron chi connectivity index (χ4n) is 1.74. The van der Waals surface area contributed by atoms with Crippen LogP contribution in [0.2, 0.25) is 0 Å². The summed E-state index contributed by atoms with van der Waals surface area (Å²) in [6.07, 6.45) is 0.139. The van der Waals surface area contributed by atoms with E-state index < -0.39 is 5.97 Å². The molecule has 0 radical (unpaired) electrons. The van der Waals surface area contributed by atoms with Gasteiger partial charge in [0.2, 0.25) is 0 Å². The zero-order valence-electron chi connectivity index (χ0n) is 8.84. The maximum Gasteiger partial charge on any atom is 0.303 e. The minimum Gasteiger partial charge on any atom is -0.481 e. The molecule has 0 bridgehead atoms. The van der Waals surface area contributed by atoms with E-state index in [-0.39, 0.29) is 18.2 Å². The van der Waals surface area contributed by atoms with Gasteiger partial charge in [-0.2, -0.15) is 0 Å². The van der Waals surface area contributed by atoms with Crippen molar-refractivity contribution < 1.29 is 14.7 Å². The Morgan fingerprint density at radius 1 is 1.62 bits per heavy atom. The van der Waals surface area contributed by atoms with E-state index in [9.17, 15) is 9.59 Å². The molecule has 0 aromatic carbocycles. The predicted molar refractivity (Wildman–Crippen MR) is 58.5 cm³/mol. The zero-order valence-corrected chi connectivity index (χ0v) is 9.66. The number of nitrogens with zero attached hydrogens (tertiary/aromatic N) is 2. The Bertz CT molecular complexity index is 423. The largest absolute Gasteiger partial charge is 0.481 e. The number of carbonyl (C=O) groups is 2. The molecule has 1 fully saturated rings. The molecule has 0 unspecified atom stereocenters. The van der Waals surface area contributed by atoms with E-state index in [0.29, 0.717) is 18.8 Å². The second kappa shape index (κ2) is 4.21. The average molecular weight is 240 g/mol. The lowest BCUT2D eigenvalue weighted by Gasteiger charge is -2.38. The maximum atomic E-state index is 11.8. The third-order valence-electron chi connectivity index (χ3n) is 2.55. The van der Waals surface area contributed by atoms with Gasteiger partial charge in [0.05, 0.1) is 11.4 Å². The van der Waals surface area contributed by atoms with Gasteiger partial charge in [0.25, 0.3) is 5.91 Å². The minimum atomic E-state index is -0.804. The average Bonchev–Trinajstić information content (AvgIpc) is 2.56. The normalized spacial score (nSPS) is 15.9. The lowest BCUT2D eigenvalue weighted by molar-refractivity contribution is -0.139. The number of aromatic nitrogens is 1. The van der Waals surface area contributed by atoms with Gasteiger partial charge in [0, 0.05) is 24.4 Å². The second-order valence-corrected chi connectivity index (χ2v) is 4.99. The van der Waals surface area contributed by atoms with Crippen molar-refractivity contribution in [1.82, 2.24) is 9.88 Å². The van der Waals surface area contributed by atoms with Crippen LogP contribution in [-0.2, 0) is 4.79 Å². The number of carboxylic acid groups (broad SMARTS) is 1. The Labute approximate surface area is 96.7 Å². The number of carbonyl (C=O) groups excluding carboxylic acids is 1. The minimum absolute atomic E-state index is 0.0917. The fraction of sp³-hybridized carbons (Fsp3) is 0.500. The summed E-state index contributed by atoms with van der Waals surface area (Å²) in [5.74, 6) is -0.797. The van der Waals surface area contributed by atoms with Crippen LogP contribution in [-0.4, -0.2) is 40.0 Å². The number of rotatable bonds is 3. The van der Waals surface area contributed by atoms with E-state index in [1.807, 2.05) is 6.92 Å². The molecule has 1 aromatic rings. The van der Waals surface area contributed by atoms with Crippen molar-refractivity contribution in [2.45, 2.75) is 13.3 Å². The number of thiazole rings is 1. The molecule has 1 aliphatic rings. The molecule has 0 aliphatic carbocycles. The highest BCUT2D eigenvalue weighted by Crippen LogP contribution is 2.22. The number of aryl methyl sites for hydroxylation is 1. The summed E-state index contributed by atoms with van der Waals surface area (Å²) in [4.78, 5) is 28.0. The van der Waals surface area contributed by atoms with Crippen LogP contribution in [0.4, 0.5) is 0 Å². The van der Waals surface area contributed by atoms with E-state index in [2.05, 4.69) is 4.98 Å². The predicted octanol–water partition coefficient (Wildman–Crippen LogP) is 0.998. The van der Waals surface area contributed by atoms with E-state index >= 15 is 0 Å². The SMILES string of the molecule is Cc1nc(C(=O)N2CC(CC(=O)O)C2)cs1. The smallest absolute Gasteiger partial charge is 0.303 e. The Hall–Kier alpha value is -1.43. The van der Waals surface area contributed by atoms with Crippen molar-refractivity contribution in [3.05, 3.63) is 16.1 Å². The van der Waals surface area contributed by atoms with Crippen LogP contribution in [0.3, 0.4) is 0 Å². The third kappa shape index (κ3) is 2.21. The summed E-state index contributed by atoms with van der Waals surface area (Å²) >= 11 is 1.44. The number of likely N-dealkylation sites (tertiary alicyclic amines) is 1. The number of aliphatic carboxylic acids is 1. The molecule has 1 N–H and O–H groups in total. The van der Waals surface area contributed by atoms with Crippen LogP contribution in [0, 0.1) is 12.8 Å². The first-order chi connectivity index (χ1) is 7.56. The molecule has 6 heteroatoms. The van der Waals surface area contributed by atoms with Crippen molar-refractivity contribution in [3.8, 4) is 0 Å². The van der Waals surface area contributed by atoms with Crippen molar-refractivity contribution in [1.29, 1.82) is 0 Å². The van der Waals surface area contributed by atoms with Crippen LogP contribution in [0.25, 0.3) is 0 Å². The van der Waals surface area contributed by atoms with Crippen LogP contribution in [0.5, 0.6) is 0 Å². The molecule has 1 amide bonds. The molecule has 16 heavy (non-hydrogen) atoms. The quantitative estimate of drug-likeness (QED) is 0.855. The first kappa shape index (κ1) is 11.1. The van der Waals surface area contributed by atoms with E-state index in [1.165, 1.54) is 11.3 Å². The van der Waals surface area contributed by atoms with Gasteiger partial charge < -0.3 is 10.0 Å². The zero-order chi connectivity index (χ0) is 11.7. The Morgan fingerprint density at radius 3 is 2.81 bits per heavy atom. The number of hydrogen-bond donors (Lipinski definition) is 1. The first-order valence-corrected chi connectivity index (χ1v) is 5.87. The van der Waals surface area contributed by atoms with Gasteiger partial charge in [0.15, 0.2) is 0 Å². The van der Waals surface area contributed by atoms with E-state index in [4.69, 9.17) is 5.11 Å². The molecule has 2 rings (SSSR count). The maximum absolute atomic E-state index is 11.8. The highest BCUT2D eigenvalue weighted by molar-refractivity contribution is 7.09. The fourth-order valence-corrected chi connectivity index (χ4v) is 2.32. The van der Waals surface area contributed by atoms with Crippen LogP contribution >= 0.6 is 11.3 Å². The van der Waals surface area contributed by atoms with E-state index in [1.54, 1.807) is 10.3 Å². The molecule has 1 saturated heterocycles. The number of amides is 1. The highest BCUT2D eigenvalue weighted by Gasteiger charge is 2.33. The van der Waals surface area contributed by atoms with Crippen molar-refractivity contribution in [3.63, 3.8) is 0 Å². The Balaban J connectivity index is 1.88. The van der Waals surface area contributed by atoms with Crippen LogP contribution < -0.4 is 0 Å². The number of carboxylic acids is 1. The van der Waals surface area contributed by atoms with Crippen molar-refractivity contribution in [2.75, 3.05) is 13.1 Å². The molecule has 1 aromatic heterocycles. The lowest BCUT2D eigenvalue weighted by Crippen LogP contribution is -2.50. The Kier molecular flexibility index (Phi) is 2.91. The third-order valence-corrected chi connectivity index (χ3v) is 3.32. The summed E-state index contributed by atoms with van der Waals surface area (Å²) in [6.45, 7) is 2.91. The topological polar surface area (TPSA) is 70.5 Å². The number of hydrogen-bond acceptors (Lipinski definition) is 4. The van der Waals surface area contributed by atoms with Crippen LogP contribution in [0.15, 0.2) is 5.38 Å². The van der Waals surface area contributed by atoms with Gasteiger partial charge >= 0.3 is 5.97 Å². The molecule has 0 atom stereocenters. The van der Waals surface area contributed by atoms with Gasteiger partial charge in [-0.1, -0.05) is 0 Å². The first-order valence-electron chi connectivity index (χ1n) is 4.99. The van der Waals surface area contributed by atoms with Gasteiger partial charge in [-0.15, -0.1) is 11.3 Å². The summed E-state index contributed by atoms with van der Waals surface area (Å²) in [5.41, 5.74) is 0.469. The monoisotopic (exact) mass is 240 g/mol. The second-order valence-electron chi connectivity index (χ2n) is 3.93. The summed E-state index contributed by atoms with van der Waals surface area (Å²) in [5, 5.41) is 11.2. The molecule has 1 aliphatic heterocycles. The molecule has 86 valence electrons. The summed E-state index contributed by atoms with van der Waals surface area (Å²) < 4.78 is 0. The summed E-state index contributed by atoms with van der Waals surface area (Å²) in [7, 11) is 0. The van der Waals surface area contributed by atoms with Gasteiger partial charge in [-0.05, 0) is 6.92 Å². The molecule has 0 saturated carbocycles. The van der Waals surface area contributed by atoms with Crippen LogP contribution in [0.1, 0.15) is 21.9 Å².